The van der Waals surface area contributed by atoms with Crippen LogP contribution in [-0.2, 0) is 10.0 Å². The summed E-state index contributed by atoms with van der Waals surface area (Å²) in [6.45, 7) is 5.60. The predicted octanol–water partition coefficient (Wildman–Crippen LogP) is 4.79. The molecule has 0 unspecified atom stereocenters. The van der Waals surface area contributed by atoms with Gasteiger partial charge in [0.05, 0.1) is 10.6 Å². The lowest BCUT2D eigenvalue weighted by Gasteiger charge is -2.12. The minimum absolute atomic E-state index is 0.144. The van der Waals surface area contributed by atoms with E-state index in [4.69, 9.17) is 11.6 Å². The van der Waals surface area contributed by atoms with Crippen LogP contribution >= 0.6 is 11.6 Å². The van der Waals surface area contributed by atoms with Gasteiger partial charge in [-0.3, -0.25) is 4.72 Å². The molecule has 2 aromatic carbocycles. The summed E-state index contributed by atoms with van der Waals surface area (Å²) in [4.78, 5) is 0.144. The zero-order valence-corrected chi connectivity index (χ0v) is 19.2. The molecule has 0 aliphatic heterocycles. The van der Waals surface area contributed by atoms with Crippen molar-refractivity contribution in [3.63, 3.8) is 0 Å². The molecular weight excluding hydrogens is 448 g/mol. The van der Waals surface area contributed by atoms with Crippen molar-refractivity contribution in [3.8, 4) is 5.82 Å². The maximum Gasteiger partial charge on any atom is 0.262 e. The second kappa shape index (κ2) is 8.60. The Balaban J connectivity index is 1.46. The van der Waals surface area contributed by atoms with E-state index in [9.17, 15) is 8.42 Å². The first kappa shape index (κ1) is 21.8. The van der Waals surface area contributed by atoms with E-state index in [1.54, 1.807) is 54.1 Å². The minimum Gasteiger partial charge on any atom is -0.339 e. The van der Waals surface area contributed by atoms with Gasteiger partial charge in [-0.1, -0.05) is 17.7 Å². The number of hydrogen-bond donors (Lipinski definition) is 2. The third-order valence-electron chi connectivity index (χ3n) is 4.73. The van der Waals surface area contributed by atoms with Crippen LogP contribution in [0.5, 0.6) is 0 Å². The lowest BCUT2D eigenvalue weighted by Crippen LogP contribution is -2.14. The molecule has 0 fully saturated rings. The molecule has 32 heavy (non-hydrogen) atoms. The molecule has 0 bridgehead atoms. The maximum absolute atomic E-state index is 12.7. The van der Waals surface area contributed by atoms with Crippen LogP contribution in [0.3, 0.4) is 0 Å². The summed E-state index contributed by atoms with van der Waals surface area (Å²) < 4.78 is 29.7. The molecule has 0 amide bonds. The number of aryl methyl sites for hydroxylation is 3. The number of aromatic nitrogens is 4. The summed E-state index contributed by atoms with van der Waals surface area (Å²) in [6, 6.07) is 17.2. The summed E-state index contributed by atoms with van der Waals surface area (Å²) in [5, 5.41) is 16.3. The maximum atomic E-state index is 12.7. The molecule has 4 aromatic rings. The molecular formula is C22H21ClN6O2S. The van der Waals surface area contributed by atoms with Gasteiger partial charge in [0.25, 0.3) is 10.0 Å². The number of hydrogen-bond acceptors (Lipinski definition) is 6. The Labute approximate surface area is 191 Å². The molecule has 0 spiro atoms. The Kier molecular flexibility index (Phi) is 5.86. The summed E-state index contributed by atoms with van der Waals surface area (Å²) in [5.74, 6) is 1.18. The first-order valence-electron chi connectivity index (χ1n) is 9.75. The molecule has 4 rings (SSSR count). The van der Waals surface area contributed by atoms with Crippen LogP contribution in [0.2, 0.25) is 5.02 Å². The lowest BCUT2D eigenvalue weighted by molar-refractivity contribution is 0.600. The summed E-state index contributed by atoms with van der Waals surface area (Å²) in [6.07, 6.45) is 0. The molecule has 0 saturated heterocycles. The van der Waals surface area contributed by atoms with Gasteiger partial charge in [-0.05, 0) is 80.9 Å². The highest BCUT2D eigenvalue weighted by atomic mass is 35.5. The standard InChI is InChI=1S/C22H21ClN6O2S/c1-14-4-5-17(23)13-20(14)32(30,31)28-19-8-6-18(7-9-19)24-21-10-11-22(26-25-21)29-16(3)12-15(2)27-29/h4-13,28H,1-3H3,(H,24,25). The summed E-state index contributed by atoms with van der Waals surface area (Å²) in [7, 11) is -3.76. The van der Waals surface area contributed by atoms with E-state index in [1.807, 2.05) is 26.0 Å². The van der Waals surface area contributed by atoms with Crippen LogP contribution in [0, 0.1) is 20.8 Å². The molecule has 0 atom stereocenters. The predicted molar refractivity (Wildman–Crippen MR) is 125 cm³/mol. The van der Waals surface area contributed by atoms with Crippen LogP contribution in [0.25, 0.3) is 5.82 Å². The van der Waals surface area contributed by atoms with Crippen molar-refractivity contribution in [1.29, 1.82) is 0 Å². The lowest BCUT2D eigenvalue weighted by atomic mass is 10.2. The Bertz CT molecular complexity index is 1370. The van der Waals surface area contributed by atoms with E-state index in [1.165, 1.54) is 6.07 Å². The van der Waals surface area contributed by atoms with Gasteiger partial charge in [-0.15, -0.1) is 10.2 Å². The van der Waals surface area contributed by atoms with Gasteiger partial charge in [0.15, 0.2) is 11.6 Å². The normalized spacial score (nSPS) is 11.4. The third kappa shape index (κ3) is 4.74. The molecule has 2 N–H and O–H groups in total. The highest BCUT2D eigenvalue weighted by molar-refractivity contribution is 7.92. The van der Waals surface area contributed by atoms with E-state index in [-0.39, 0.29) is 4.90 Å². The molecule has 0 radical (unpaired) electrons. The number of halogens is 1. The summed E-state index contributed by atoms with van der Waals surface area (Å²) >= 11 is 5.96. The zero-order valence-electron chi connectivity index (χ0n) is 17.7. The monoisotopic (exact) mass is 468 g/mol. The Hall–Kier alpha value is -3.43. The van der Waals surface area contributed by atoms with Gasteiger partial charge >= 0.3 is 0 Å². The van der Waals surface area contributed by atoms with Crippen molar-refractivity contribution in [3.05, 3.63) is 82.6 Å². The molecule has 0 aliphatic carbocycles. The summed E-state index contributed by atoms with van der Waals surface area (Å²) in [5.41, 5.74) is 3.67. The number of benzene rings is 2. The van der Waals surface area contributed by atoms with E-state index in [2.05, 4.69) is 25.3 Å². The van der Waals surface area contributed by atoms with Crippen molar-refractivity contribution >= 4 is 38.8 Å². The van der Waals surface area contributed by atoms with Crippen LogP contribution < -0.4 is 10.0 Å². The average Bonchev–Trinajstić information content (AvgIpc) is 3.09. The van der Waals surface area contributed by atoms with Gasteiger partial charge in [0.2, 0.25) is 0 Å². The van der Waals surface area contributed by atoms with Gasteiger partial charge in [-0.25, -0.2) is 13.1 Å². The largest absolute Gasteiger partial charge is 0.339 e. The number of sulfonamides is 1. The number of nitrogens with zero attached hydrogens (tertiary/aromatic N) is 4. The number of nitrogens with one attached hydrogen (secondary N) is 2. The molecule has 0 aliphatic rings. The molecule has 8 nitrogen and oxygen atoms in total. The smallest absolute Gasteiger partial charge is 0.262 e. The van der Waals surface area contributed by atoms with E-state index in [0.717, 1.165) is 17.1 Å². The molecule has 10 heteroatoms. The Morgan fingerprint density at radius 2 is 1.59 bits per heavy atom. The fourth-order valence-electron chi connectivity index (χ4n) is 3.21. The highest BCUT2D eigenvalue weighted by Crippen LogP contribution is 2.24. The van der Waals surface area contributed by atoms with Crippen LogP contribution in [0.15, 0.2) is 65.6 Å². The van der Waals surface area contributed by atoms with Crippen molar-refractivity contribution < 1.29 is 8.42 Å². The molecule has 2 aromatic heterocycles. The van der Waals surface area contributed by atoms with Gasteiger partial charge in [0, 0.05) is 22.1 Å². The second-order valence-electron chi connectivity index (χ2n) is 7.33. The van der Waals surface area contributed by atoms with Crippen molar-refractivity contribution in [2.45, 2.75) is 25.7 Å². The van der Waals surface area contributed by atoms with Crippen molar-refractivity contribution in [1.82, 2.24) is 20.0 Å². The van der Waals surface area contributed by atoms with Gasteiger partial charge in [-0.2, -0.15) is 5.10 Å². The van der Waals surface area contributed by atoms with Crippen molar-refractivity contribution in [2.24, 2.45) is 0 Å². The van der Waals surface area contributed by atoms with Gasteiger partial charge in [0.1, 0.15) is 0 Å². The topological polar surface area (TPSA) is 102 Å². The first-order valence-corrected chi connectivity index (χ1v) is 11.6. The number of rotatable bonds is 6. The fraction of sp³-hybridized carbons (Fsp3) is 0.136. The van der Waals surface area contributed by atoms with E-state index >= 15 is 0 Å². The Morgan fingerprint density at radius 1 is 0.875 bits per heavy atom. The van der Waals surface area contributed by atoms with Gasteiger partial charge < -0.3 is 5.32 Å². The van der Waals surface area contributed by atoms with Crippen LogP contribution in [0.1, 0.15) is 17.0 Å². The van der Waals surface area contributed by atoms with Crippen LogP contribution in [-0.4, -0.2) is 28.4 Å². The van der Waals surface area contributed by atoms with Crippen LogP contribution in [0.4, 0.5) is 17.2 Å². The molecule has 164 valence electrons. The quantitative estimate of drug-likeness (QED) is 0.422. The molecule has 2 heterocycles. The Morgan fingerprint density at radius 3 is 2.22 bits per heavy atom. The van der Waals surface area contributed by atoms with Crippen molar-refractivity contribution in [2.75, 3.05) is 10.0 Å². The highest BCUT2D eigenvalue weighted by Gasteiger charge is 2.17. The zero-order chi connectivity index (χ0) is 22.9. The number of anilines is 3. The average molecular weight is 469 g/mol. The first-order chi connectivity index (χ1) is 15.2. The SMILES string of the molecule is Cc1cc(C)n(-c2ccc(Nc3ccc(NS(=O)(=O)c4cc(Cl)ccc4C)cc3)nn2)n1. The fourth-order valence-corrected chi connectivity index (χ4v) is 4.78. The van der Waals surface area contributed by atoms with E-state index in [0.29, 0.717) is 27.9 Å². The third-order valence-corrected chi connectivity index (χ3v) is 6.48. The minimum atomic E-state index is -3.76. The molecule has 0 saturated carbocycles. The van der Waals surface area contributed by atoms with E-state index < -0.39 is 10.0 Å². The second-order valence-corrected chi connectivity index (χ2v) is 9.42.